The van der Waals surface area contributed by atoms with Gasteiger partial charge in [0.05, 0.1) is 12.2 Å². The topological polar surface area (TPSA) is 40.5 Å². The molecule has 0 aromatic heterocycles. The summed E-state index contributed by atoms with van der Waals surface area (Å²) >= 11 is 0. The second-order valence-corrected chi connectivity index (χ2v) is 11.0. The molecule has 4 aliphatic carbocycles. The average molecular weight is 396 g/mol. The summed E-state index contributed by atoms with van der Waals surface area (Å²) in [6.45, 7) is 1.05. The predicted octanol–water partition coefficient (Wildman–Crippen LogP) is 5.97. The number of aliphatic hydroxyl groups excluding tert-OH is 2. The number of hydrogen-bond acceptors (Lipinski definition) is 2. The lowest BCUT2D eigenvalue weighted by Crippen LogP contribution is -2.54. The summed E-state index contributed by atoms with van der Waals surface area (Å²) in [5, 5.41) is 21.5. The zero-order valence-electron chi connectivity index (χ0n) is 24.9. The quantitative estimate of drug-likeness (QED) is 0.576. The van der Waals surface area contributed by atoms with Gasteiger partial charge in [0, 0.05) is 9.60 Å². The first-order valence-corrected chi connectivity index (χ1v) is 11.5. The van der Waals surface area contributed by atoms with Crippen molar-refractivity contribution in [1.82, 2.24) is 0 Å². The molecule has 0 aliphatic heterocycles. The van der Waals surface area contributed by atoms with Crippen LogP contribution in [0.2, 0.25) is 0 Å². The lowest BCUT2D eigenvalue weighted by molar-refractivity contribution is -0.0971. The fourth-order valence-corrected chi connectivity index (χ4v) is 8.18. The molecule has 3 saturated carbocycles. The molecule has 9 atom stereocenters. The van der Waals surface area contributed by atoms with E-state index in [9.17, 15) is 10.2 Å². The predicted molar refractivity (Wildman–Crippen MR) is 116 cm³/mol. The van der Waals surface area contributed by atoms with E-state index in [1.54, 1.807) is 0 Å². The molecule has 4 rings (SSSR count). The van der Waals surface area contributed by atoms with E-state index in [0.717, 1.165) is 38.5 Å². The zero-order valence-corrected chi connectivity index (χ0v) is 17.9. The Balaban J connectivity index is 1.53. The van der Waals surface area contributed by atoms with Crippen LogP contribution in [0.1, 0.15) is 102 Å². The minimum absolute atomic E-state index is 0.0160. The van der Waals surface area contributed by atoms with E-state index in [1.807, 2.05) is 6.08 Å². The molecule has 2 nitrogen and oxygen atoms in total. The van der Waals surface area contributed by atoms with Gasteiger partial charge in [-0.25, -0.2) is 0 Å². The van der Waals surface area contributed by atoms with Gasteiger partial charge < -0.3 is 10.2 Å². The second-order valence-electron chi connectivity index (χ2n) is 11.0. The second kappa shape index (κ2) is 7.41. The van der Waals surface area contributed by atoms with Crippen molar-refractivity contribution in [1.29, 1.82) is 0 Å². The third-order valence-corrected chi connectivity index (χ3v) is 9.71. The van der Waals surface area contributed by atoms with Crippen LogP contribution < -0.4 is 0 Å². The van der Waals surface area contributed by atoms with Crippen molar-refractivity contribution < 1.29 is 19.8 Å². The third kappa shape index (κ3) is 3.22. The number of aliphatic hydroxyl groups is 2. The summed E-state index contributed by atoms with van der Waals surface area (Å²) in [5.74, 6) is -1.05. The van der Waals surface area contributed by atoms with Crippen LogP contribution in [-0.4, -0.2) is 22.4 Å². The van der Waals surface area contributed by atoms with Crippen molar-refractivity contribution in [3.63, 3.8) is 0 Å². The van der Waals surface area contributed by atoms with Crippen molar-refractivity contribution in [2.45, 2.75) is 104 Å². The van der Waals surface area contributed by atoms with Crippen LogP contribution >= 0.6 is 0 Å². The number of rotatable bonds is 4. The molecule has 0 radical (unpaired) electrons. The Morgan fingerprint density at radius 2 is 1.89 bits per heavy atom. The van der Waals surface area contributed by atoms with Gasteiger partial charge in [0.1, 0.15) is 0 Å². The van der Waals surface area contributed by atoms with Crippen LogP contribution in [0.5, 0.6) is 0 Å². The minimum atomic E-state index is -2.86. The third-order valence-electron chi connectivity index (χ3n) is 9.71. The summed E-state index contributed by atoms with van der Waals surface area (Å²) in [5.41, 5.74) is 1.29. The molecular formula is C26H44O2. The molecule has 2 heteroatoms. The lowest BCUT2D eigenvalue weighted by atomic mass is 9.46. The van der Waals surface area contributed by atoms with E-state index < -0.39 is 25.7 Å². The molecule has 0 unspecified atom stereocenters. The molecule has 0 aromatic carbocycles. The lowest BCUT2D eigenvalue weighted by Gasteiger charge is -2.59. The maximum atomic E-state index is 11.3. The SMILES string of the molecule is [2H]C([2H])([2H])C([2H])(CC[C@@H](C)[C@H]1CC[C@H]2[C@@H]3[C@@H](O)C=C4C[C@@H](O)CC[C@]4(C)[C@H]3CC[C@]12C)C([2H])([2H])[2H]. The molecule has 28 heavy (non-hydrogen) atoms. The fourth-order valence-electron chi connectivity index (χ4n) is 8.18. The standard InChI is InChI=1S/C26H44O2/c1-16(2)6-7-17(3)20-8-9-21-24-22(11-13-26(20,21)5)25(4)12-10-19(27)14-18(25)15-23(24)28/h15-17,19-24,27-28H,6-14H2,1-5H3/t17-,19+,20-,21+,22+,23+,24+,25+,26-/m1/s1/i1D3,2D3,16D. The van der Waals surface area contributed by atoms with Gasteiger partial charge in [-0.2, -0.15) is 0 Å². The van der Waals surface area contributed by atoms with Crippen LogP contribution in [0.15, 0.2) is 11.6 Å². The van der Waals surface area contributed by atoms with Gasteiger partial charge in [-0.1, -0.05) is 59.0 Å². The summed E-state index contributed by atoms with van der Waals surface area (Å²) in [4.78, 5) is 0. The van der Waals surface area contributed by atoms with Gasteiger partial charge in [0.25, 0.3) is 0 Å². The zero-order chi connectivity index (χ0) is 26.2. The highest BCUT2D eigenvalue weighted by atomic mass is 16.3. The van der Waals surface area contributed by atoms with Crippen LogP contribution in [-0.2, 0) is 0 Å². The largest absolute Gasteiger partial charge is 0.393 e. The highest BCUT2D eigenvalue weighted by Crippen LogP contribution is 2.67. The van der Waals surface area contributed by atoms with Gasteiger partial charge >= 0.3 is 0 Å². The first kappa shape index (κ1) is 13.9. The van der Waals surface area contributed by atoms with E-state index >= 15 is 0 Å². The molecule has 0 heterocycles. The van der Waals surface area contributed by atoms with Crippen LogP contribution in [0.4, 0.5) is 0 Å². The Hall–Kier alpha value is -0.340. The Labute approximate surface area is 183 Å². The summed E-state index contributed by atoms with van der Waals surface area (Å²) in [6.07, 6.45) is 8.04. The van der Waals surface area contributed by atoms with Crippen molar-refractivity contribution in [3.8, 4) is 0 Å². The molecule has 0 bridgehead atoms. The molecular weight excluding hydrogens is 344 g/mol. The van der Waals surface area contributed by atoms with Gasteiger partial charge in [-0.05, 0) is 91.3 Å². The Morgan fingerprint density at radius 1 is 1.11 bits per heavy atom. The highest BCUT2D eigenvalue weighted by Gasteiger charge is 2.61. The van der Waals surface area contributed by atoms with E-state index in [2.05, 4.69) is 20.8 Å². The first-order chi connectivity index (χ1) is 16.0. The first-order valence-electron chi connectivity index (χ1n) is 15.0. The highest BCUT2D eigenvalue weighted by molar-refractivity contribution is 5.27. The van der Waals surface area contributed by atoms with Crippen LogP contribution in [0.3, 0.4) is 0 Å². The molecule has 0 spiro atoms. The van der Waals surface area contributed by atoms with Gasteiger partial charge in [-0.15, -0.1) is 0 Å². The van der Waals surface area contributed by atoms with Gasteiger partial charge in [0.2, 0.25) is 0 Å². The van der Waals surface area contributed by atoms with Crippen LogP contribution in [0, 0.1) is 46.3 Å². The summed E-state index contributed by atoms with van der Waals surface area (Å²) in [7, 11) is 0. The number of fused-ring (bicyclic) bond motifs is 5. The Morgan fingerprint density at radius 3 is 2.64 bits per heavy atom. The maximum Gasteiger partial charge on any atom is 0.0757 e. The van der Waals surface area contributed by atoms with Crippen molar-refractivity contribution in [3.05, 3.63) is 11.6 Å². The fraction of sp³-hybridized carbons (Fsp3) is 0.923. The molecule has 4 aliphatic rings. The summed E-state index contributed by atoms with van der Waals surface area (Å²) < 4.78 is 54.9. The van der Waals surface area contributed by atoms with Crippen molar-refractivity contribution >= 4 is 0 Å². The molecule has 0 saturated heterocycles. The van der Waals surface area contributed by atoms with E-state index in [1.165, 1.54) is 5.57 Å². The Bertz CT molecular complexity index is 823. The average Bonchev–Trinajstić information content (AvgIpc) is 3.08. The Kier molecular flexibility index (Phi) is 3.67. The van der Waals surface area contributed by atoms with Gasteiger partial charge in [-0.3, -0.25) is 0 Å². The summed E-state index contributed by atoms with van der Waals surface area (Å²) in [6, 6.07) is 0. The maximum absolute atomic E-state index is 11.3. The van der Waals surface area contributed by atoms with Gasteiger partial charge in [0.15, 0.2) is 0 Å². The number of hydrogen-bond donors (Lipinski definition) is 2. The molecule has 3 fully saturated rings. The normalized spacial score (nSPS) is 54.2. The molecule has 2 N–H and O–H groups in total. The van der Waals surface area contributed by atoms with Crippen molar-refractivity contribution in [2.24, 2.45) is 46.3 Å². The van der Waals surface area contributed by atoms with Crippen molar-refractivity contribution in [2.75, 3.05) is 0 Å². The molecule has 0 aromatic rings. The van der Waals surface area contributed by atoms with E-state index in [4.69, 9.17) is 9.60 Å². The monoisotopic (exact) mass is 395 g/mol. The van der Waals surface area contributed by atoms with E-state index in [-0.39, 0.29) is 35.2 Å². The van der Waals surface area contributed by atoms with Crippen LogP contribution in [0.25, 0.3) is 0 Å². The smallest absolute Gasteiger partial charge is 0.0757 e. The van der Waals surface area contributed by atoms with E-state index in [0.29, 0.717) is 30.6 Å². The molecule has 160 valence electrons. The molecule has 0 amide bonds. The minimum Gasteiger partial charge on any atom is -0.393 e.